The number of H-pyrrole nitrogens is 1. The number of halogens is 1. The highest BCUT2D eigenvalue weighted by atomic mass is 79.9. The second-order valence-corrected chi connectivity index (χ2v) is 8.94. The number of hydrogen-bond donors (Lipinski definition) is 2. The molecular formula is C13H12BrN3O2S2. The lowest BCUT2D eigenvalue weighted by Crippen LogP contribution is -2.26. The van der Waals surface area contributed by atoms with E-state index < -0.39 is 16.1 Å². The monoisotopic (exact) mass is 385 g/mol. The molecule has 0 radical (unpaired) electrons. The Morgan fingerprint density at radius 3 is 2.71 bits per heavy atom. The van der Waals surface area contributed by atoms with Gasteiger partial charge in [-0.1, -0.05) is 12.1 Å². The van der Waals surface area contributed by atoms with E-state index in [-0.39, 0.29) is 4.21 Å². The first-order chi connectivity index (χ1) is 9.95. The molecule has 2 aromatic heterocycles. The maximum absolute atomic E-state index is 12.3. The van der Waals surface area contributed by atoms with Crippen LogP contribution in [-0.2, 0) is 10.0 Å². The van der Waals surface area contributed by atoms with Crippen LogP contribution in [0, 0.1) is 0 Å². The van der Waals surface area contributed by atoms with Gasteiger partial charge in [-0.15, -0.1) is 11.3 Å². The molecule has 0 fully saturated rings. The normalized spacial score (nSPS) is 13.6. The summed E-state index contributed by atoms with van der Waals surface area (Å²) in [6.07, 6.45) is 0. The molecule has 0 saturated carbocycles. The fraction of sp³-hybridized carbons (Fsp3) is 0.154. The molecule has 3 aromatic rings. The van der Waals surface area contributed by atoms with Gasteiger partial charge in [0.05, 0.1) is 20.9 Å². The minimum atomic E-state index is -3.55. The Kier molecular flexibility index (Phi) is 3.87. The fourth-order valence-corrected chi connectivity index (χ4v) is 5.20. The standard InChI is InChI=1S/C13H12BrN3O2S2/c1-8(13-15-9-4-2-3-5-10(9)16-13)17-21(18,19)12-7-6-11(14)20-12/h2-8,17H,1H3,(H,15,16). The number of rotatable bonds is 4. The molecule has 0 saturated heterocycles. The molecule has 1 unspecified atom stereocenters. The van der Waals surface area contributed by atoms with Crippen molar-refractivity contribution in [2.45, 2.75) is 17.2 Å². The second kappa shape index (κ2) is 5.53. The number of nitrogens with zero attached hydrogens (tertiary/aromatic N) is 1. The molecule has 3 rings (SSSR count). The van der Waals surface area contributed by atoms with Crippen molar-refractivity contribution in [1.82, 2.24) is 14.7 Å². The Morgan fingerprint density at radius 2 is 2.05 bits per heavy atom. The third kappa shape index (κ3) is 3.03. The van der Waals surface area contributed by atoms with Crippen LogP contribution in [0.4, 0.5) is 0 Å². The summed E-state index contributed by atoms with van der Waals surface area (Å²) in [5, 5.41) is 0. The SMILES string of the molecule is CC(NS(=O)(=O)c1ccc(Br)s1)c1nc2ccccc2[nH]1. The number of aromatic nitrogens is 2. The first-order valence-electron chi connectivity index (χ1n) is 6.18. The van der Waals surface area contributed by atoms with E-state index >= 15 is 0 Å². The van der Waals surface area contributed by atoms with Crippen molar-refractivity contribution in [1.29, 1.82) is 0 Å². The van der Waals surface area contributed by atoms with Crippen LogP contribution < -0.4 is 4.72 Å². The Balaban J connectivity index is 1.87. The Morgan fingerprint density at radius 1 is 1.29 bits per heavy atom. The molecule has 21 heavy (non-hydrogen) atoms. The molecule has 0 spiro atoms. The molecule has 0 aliphatic rings. The van der Waals surface area contributed by atoms with Gasteiger partial charge in [-0.05, 0) is 47.1 Å². The van der Waals surface area contributed by atoms with Gasteiger partial charge >= 0.3 is 0 Å². The summed E-state index contributed by atoms with van der Waals surface area (Å²) >= 11 is 4.44. The van der Waals surface area contributed by atoms with Gasteiger partial charge in [-0.25, -0.2) is 18.1 Å². The van der Waals surface area contributed by atoms with Gasteiger partial charge in [0.1, 0.15) is 10.0 Å². The summed E-state index contributed by atoms with van der Waals surface area (Å²) in [5.41, 5.74) is 1.70. The average Bonchev–Trinajstić information content (AvgIpc) is 3.04. The molecule has 8 heteroatoms. The third-order valence-corrected chi connectivity index (χ3v) is 6.62. The van der Waals surface area contributed by atoms with Crippen molar-refractivity contribution in [2.75, 3.05) is 0 Å². The van der Waals surface area contributed by atoms with Gasteiger partial charge in [0.25, 0.3) is 10.0 Å². The van der Waals surface area contributed by atoms with Crippen molar-refractivity contribution in [3.63, 3.8) is 0 Å². The highest BCUT2D eigenvalue weighted by molar-refractivity contribution is 9.11. The van der Waals surface area contributed by atoms with Crippen LogP contribution >= 0.6 is 27.3 Å². The van der Waals surface area contributed by atoms with E-state index in [4.69, 9.17) is 0 Å². The molecular weight excluding hydrogens is 374 g/mol. The van der Waals surface area contributed by atoms with Crippen LogP contribution in [-0.4, -0.2) is 18.4 Å². The Labute approximate surface area is 134 Å². The van der Waals surface area contributed by atoms with Crippen LogP contribution in [0.15, 0.2) is 44.4 Å². The van der Waals surface area contributed by atoms with Gasteiger partial charge in [-0.3, -0.25) is 0 Å². The smallest absolute Gasteiger partial charge is 0.250 e. The molecule has 5 nitrogen and oxygen atoms in total. The lowest BCUT2D eigenvalue weighted by atomic mass is 10.3. The van der Waals surface area contributed by atoms with Gasteiger partial charge in [0.15, 0.2) is 0 Å². The second-order valence-electron chi connectivity index (χ2n) is 4.54. The van der Waals surface area contributed by atoms with Crippen molar-refractivity contribution in [3.8, 4) is 0 Å². The fourth-order valence-electron chi connectivity index (χ4n) is 1.97. The van der Waals surface area contributed by atoms with Crippen LogP contribution in [0.5, 0.6) is 0 Å². The van der Waals surface area contributed by atoms with Gasteiger partial charge in [0.2, 0.25) is 0 Å². The highest BCUT2D eigenvalue weighted by Crippen LogP contribution is 2.27. The lowest BCUT2D eigenvalue weighted by molar-refractivity contribution is 0.563. The zero-order valence-corrected chi connectivity index (χ0v) is 14.2. The first-order valence-corrected chi connectivity index (χ1v) is 9.27. The van der Waals surface area contributed by atoms with Crippen LogP contribution in [0.1, 0.15) is 18.8 Å². The zero-order valence-electron chi connectivity index (χ0n) is 11.0. The minimum Gasteiger partial charge on any atom is -0.341 e. The summed E-state index contributed by atoms with van der Waals surface area (Å²) in [7, 11) is -3.55. The summed E-state index contributed by atoms with van der Waals surface area (Å²) in [6.45, 7) is 1.76. The van der Waals surface area contributed by atoms with Crippen LogP contribution in [0.3, 0.4) is 0 Å². The summed E-state index contributed by atoms with van der Waals surface area (Å²) in [5.74, 6) is 0.593. The quantitative estimate of drug-likeness (QED) is 0.722. The molecule has 0 bridgehead atoms. The topological polar surface area (TPSA) is 74.8 Å². The summed E-state index contributed by atoms with van der Waals surface area (Å²) in [4.78, 5) is 7.54. The maximum Gasteiger partial charge on any atom is 0.250 e. The highest BCUT2D eigenvalue weighted by Gasteiger charge is 2.21. The molecule has 2 heterocycles. The van der Waals surface area contributed by atoms with Crippen molar-refractivity contribution >= 4 is 48.3 Å². The van der Waals surface area contributed by atoms with E-state index in [1.807, 2.05) is 24.3 Å². The molecule has 1 aromatic carbocycles. The number of sulfonamides is 1. The number of hydrogen-bond acceptors (Lipinski definition) is 4. The third-order valence-electron chi connectivity index (χ3n) is 2.96. The lowest BCUT2D eigenvalue weighted by Gasteiger charge is -2.10. The van der Waals surface area contributed by atoms with E-state index in [0.29, 0.717) is 5.82 Å². The number of imidazole rings is 1. The van der Waals surface area contributed by atoms with E-state index in [1.165, 1.54) is 11.3 Å². The van der Waals surface area contributed by atoms with Gasteiger partial charge in [0, 0.05) is 0 Å². The predicted octanol–water partition coefficient (Wildman–Crippen LogP) is 3.43. The molecule has 110 valence electrons. The maximum atomic E-state index is 12.3. The van der Waals surface area contributed by atoms with Crippen molar-refractivity contribution < 1.29 is 8.42 Å². The predicted molar refractivity (Wildman–Crippen MR) is 86.8 cm³/mol. The number of thiophene rings is 1. The number of nitrogens with one attached hydrogen (secondary N) is 2. The number of fused-ring (bicyclic) bond motifs is 1. The molecule has 0 aliphatic heterocycles. The molecule has 0 aliphatic carbocycles. The zero-order chi connectivity index (χ0) is 15.0. The largest absolute Gasteiger partial charge is 0.341 e. The van der Waals surface area contributed by atoms with E-state index in [1.54, 1.807) is 19.1 Å². The van der Waals surface area contributed by atoms with E-state index in [9.17, 15) is 8.42 Å². The van der Waals surface area contributed by atoms with Gasteiger partial charge in [-0.2, -0.15) is 0 Å². The molecule has 0 amide bonds. The van der Waals surface area contributed by atoms with Gasteiger partial charge < -0.3 is 4.98 Å². The Hall–Kier alpha value is -1.22. The summed E-state index contributed by atoms with van der Waals surface area (Å²) in [6, 6.07) is 10.4. The molecule has 2 N–H and O–H groups in total. The number of aromatic amines is 1. The van der Waals surface area contributed by atoms with Crippen molar-refractivity contribution in [2.24, 2.45) is 0 Å². The van der Waals surface area contributed by atoms with Crippen LogP contribution in [0.25, 0.3) is 11.0 Å². The minimum absolute atomic E-state index is 0.275. The van der Waals surface area contributed by atoms with Crippen molar-refractivity contribution in [3.05, 3.63) is 46.0 Å². The Bertz CT molecular complexity index is 853. The van der Waals surface area contributed by atoms with E-state index in [0.717, 1.165) is 14.8 Å². The van der Waals surface area contributed by atoms with E-state index in [2.05, 4.69) is 30.6 Å². The van der Waals surface area contributed by atoms with Crippen LogP contribution in [0.2, 0.25) is 0 Å². The average molecular weight is 386 g/mol. The molecule has 1 atom stereocenters. The first kappa shape index (κ1) is 14.7. The number of para-hydroxylation sites is 2. The summed E-state index contributed by atoms with van der Waals surface area (Å²) < 4.78 is 28.2. The number of benzene rings is 1.